The van der Waals surface area contributed by atoms with Crippen LogP contribution < -0.4 is 4.90 Å². The van der Waals surface area contributed by atoms with E-state index in [4.69, 9.17) is 0 Å². The summed E-state index contributed by atoms with van der Waals surface area (Å²) in [5.41, 5.74) is 1.22. The lowest BCUT2D eigenvalue weighted by atomic mass is 10.3. The van der Waals surface area contributed by atoms with Crippen molar-refractivity contribution in [3.8, 4) is 0 Å². The van der Waals surface area contributed by atoms with Crippen molar-refractivity contribution in [2.45, 2.75) is 18.7 Å². The average molecular weight is 300 g/mol. The number of rotatable bonds is 7. The average Bonchev–Trinajstić information content (AvgIpc) is 2.34. The number of pyridine rings is 1. The number of likely N-dealkylation sites (N-methyl/N-ethyl adjacent to an activating group) is 1. The third kappa shape index (κ3) is 5.04. The summed E-state index contributed by atoms with van der Waals surface area (Å²) in [5, 5.41) is 0.867. The van der Waals surface area contributed by atoms with Crippen LogP contribution in [0.3, 0.4) is 0 Å². The highest BCUT2D eigenvalue weighted by atomic mass is 79.9. The van der Waals surface area contributed by atoms with Crippen LogP contribution in [0.2, 0.25) is 0 Å². The van der Waals surface area contributed by atoms with E-state index in [1.807, 2.05) is 6.20 Å². The molecule has 0 saturated heterocycles. The fraction of sp³-hybridized carbons (Fsp3) is 0.615. The first-order chi connectivity index (χ1) is 8.17. The van der Waals surface area contributed by atoms with E-state index in [-0.39, 0.29) is 0 Å². The molecule has 96 valence electrons. The summed E-state index contributed by atoms with van der Waals surface area (Å²) in [5.74, 6) is 1.08. The lowest BCUT2D eigenvalue weighted by molar-refractivity contribution is 0.412. The number of alkyl halides is 1. The standard InChI is InChI=1S/C13H22BrN3/c1-4-7-17(9-8-16(2)3)13-6-5-12(10-14)11-15-13/h5-6,11H,4,7-10H2,1-3H3. The maximum Gasteiger partial charge on any atom is 0.128 e. The molecular formula is C13H22BrN3. The van der Waals surface area contributed by atoms with Crippen molar-refractivity contribution in [1.82, 2.24) is 9.88 Å². The van der Waals surface area contributed by atoms with Crippen molar-refractivity contribution < 1.29 is 0 Å². The Morgan fingerprint density at radius 3 is 2.41 bits per heavy atom. The topological polar surface area (TPSA) is 19.4 Å². The van der Waals surface area contributed by atoms with Crippen LogP contribution in [-0.4, -0.2) is 43.6 Å². The molecular weight excluding hydrogens is 278 g/mol. The Bertz CT molecular complexity index is 311. The Morgan fingerprint density at radius 1 is 1.18 bits per heavy atom. The molecule has 0 spiro atoms. The second-order valence-electron chi connectivity index (χ2n) is 4.45. The van der Waals surface area contributed by atoms with Crippen LogP contribution in [0.5, 0.6) is 0 Å². The molecule has 0 amide bonds. The van der Waals surface area contributed by atoms with Crippen molar-refractivity contribution in [3.05, 3.63) is 23.9 Å². The molecule has 17 heavy (non-hydrogen) atoms. The molecule has 0 fully saturated rings. The molecule has 0 saturated carbocycles. The van der Waals surface area contributed by atoms with Gasteiger partial charge in [0.25, 0.3) is 0 Å². The highest BCUT2D eigenvalue weighted by Gasteiger charge is 2.07. The number of halogens is 1. The van der Waals surface area contributed by atoms with Crippen molar-refractivity contribution in [3.63, 3.8) is 0 Å². The minimum absolute atomic E-state index is 0.867. The molecule has 1 rings (SSSR count). The van der Waals surface area contributed by atoms with Gasteiger partial charge >= 0.3 is 0 Å². The molecule has 0 aromatic carbocycles. The van der Waals surface area contributed by atoms with Gasteiger partial charge in [-0.3, -0.25) is 0 Å². The van der Waals surface area contributed by atoms with Crippen LogP contribution in [-0.2, 0) is 5.33 Å². The summed E-state index contributed by atoms with van der Waals surface area (Å²) in [6, 6.07) is 4.25. The smallest absolute Gasteiger partial charge is 0.128 e. The van der Waals surface area contributed by atoms with Gasteiger partial charge in [0.2, 0.25) is 0 Å². The lowest BCUT2D eigenvalue weighted by Gasteiger charge is -2.25. The monoisotopic (exact) mass is 299 g/mol. The van der Waals surface area contributed by atoms with Crippen molar-refractivity contribution in [2.75, 3.05) is 38.6 Å². The van der Waals surface area contributed by atoms with Crippen LogP contribution in [0, 0.1) is 0 Å². The van der Waals surface area contributed by atoms with Crippen molar-refractivity contribution in [2.24, 2.45) is 0 Å². The number of anilines is 1. The molecule has 0 N–H and O–H groups in total. The molecule has 1 heterocycles. The van der Waals surface area contributed by atoms with Gasteiger partial charge < -0.3 is 9.80 Å². The summed E-state index contributed by atoms with van der Waals surface area (Å²) in [4.78, 5) is 9.07. The Labute approximate surface area is 113 Å². The van der Waals surface area contributed by atoms with E-state index in [0.29, 0.717) is 0 Å². The lowest BCUT2D eigenvalue weighted by Crippen LogP contribution is -2.32. The SMILES string of the molecule is CCCN(CCN(C)C)c1ccc(CBr)cn1. The van der Waals surface area contributed by atoms with Crippen LogP contribution in [0.25, 0.3) is 0 Å². The molecule has 0 aliphatic heterocycles. The maximum atomic E-state index is 4.52. The molecule has 3 nitrogen and oxygen atoms in total. The fourth-order valence-electron chi connectivity index (χ4n) is 1.61. The summed E-state index contributed by atoms with van der Waals surface area (Å²) >= 11 is 3.44. The van der Waals surface area contributed by atoms with Gasteiger partial charge in [-0.05, 0) is 32.1 Å². The van der Waals surface area contributed by atoms with E-state index in [2.05, 4.69) is 63.9 Å². The first-order valence-corrected chi connectivity index (χ1v) is 7.20. The van der Waals surface area contributed by atoms with Gasteiger partial charge in [-0.1, -0.05) is 28.9 Å². The molecule has 4 heteroatoms. The van der Waals surface area contributed by atoms with E-state index in [1.54, 1.807) is 0 Å². The molecule has 1 aromatic heterocycles. The molecule has 0 bridgehead atoms. The quantitative estimate of drug-likeness (QED) is 0.722. The molecule has 0 atom stereocenters. The Morgan fingerprint density at radius 2 is 1.94 bits per heavy atom. The summed E-state index contributed by atoms with van der Waals surface area (Å²) in [6.07, 6.45) is 3.09. The predicted octanol–water partition coefficient (Wildman–Crippen LogP) is 2.75. The van der Waals surface area contributed by atoms with E-state index in [0.717, 1.165) is 37.2 Å². The van der Waals surface area contributed by atoms with Gasteiger partial charge in [0.15, 0.2) is 0 Å². The Kier molecular flexibility index (Phi) is 6.52. The van der Waals surface area contributed by atoms with Crippen LogP contribution in [0.1, 0.15) is 18.9 Å². The minimum Gasteiger partial charge on any atom is -0.355 e. The highest BCUT2D eigenvalue weighted by Crippen LogP contribution is 2.13. The zero-order chi connectivity index (χ0) is 12.7. The summed E-state index contributed by atoms with van der Waals surface area (Å²) < 4.78 is 0. The zero-order valence-electron chi connectivity index (χ0n) is 11.0. The largest absolute Gasteiger partial charge is 0.355 e. The summed E-state index contributed by atoms with van der Waals surface area (Å²) in [6.45, 7) is 5.35. The second kappa shape index (κ2) is 7.67. The van der Waals surface area contributed by atoms with Crippen molar-refractivity contribution >= 4 is 21.7 Å². The van der Waals surface area contributed by atoms with Crippen LogP contribution in [0.4, 0.5) is 5.82 Å². The van der Waals surface area contributed by atoms with Gasteiger partial charge in [-0.15, -0.1) is 0 Å². The van der Waals surface area contributed by atoms with Crippen LogP contribution >= 0.6 is 15.9 Å². The van der Waals surface area contributed by atoms with Gasteiger partial charge in [0.1, 0.15) is 5.82 Å². The third-order valence-electron chi connectivity index (χ3n) is 2.60. The molecule has 0 radical (unpaired) electrons. The van der Waals surface area contributed by atoms with Gasteiger partial charge in [-0.25, -0.2) is 4.98 Å². The van der Waals surface area contributed by atoms with Gasteiger partial charge in [0, 0.05) is 31.2 Å². The normalized spacial score (nSPS) is 10.9. The van der Waals surface area contributed by atoms with Crippen LogP contribution in [0.15, 0.2) is 18.3 Å². The second-order valence-corrected chi connectivity index (χ2v) is 5.01. The van der Waals surface area contributed by atoms with Gasteiger partial charge in [0.05, 0.1) is 0 Å². The van der Waals surface area contributed by atoms with Gasteiger partial charge in [-0.2, -0.15) is 0 Å². The number of hydrogen-bond donors (Lipinski definition) is 0. The fourth-order valence-corrected chi connectivity index (χ4v) is 1.95. The predicted molar refractivity (Wildman–Crippen MR) is 77.9 cm³/mol. The molecule has 1 aromatic rings. The number of hydrogen-bond acceptors (Lipinski definition) is 3. The Balaban J connectivity index is 2.67. The maximum absolute atomic E-state index is 4.52. The first-order valence-electron chi connectivity index (χ1n) is 6.08. The Hall–Kier alpha value is -0.610. The third-order valence-corrected chi connectivity index (χ3v) is 3.25. The van der Waals surface area contributed by atoms with E-state index in [1.165, 1.54) is 5.56 Å². The minimum atomic E-state index is 0.867. The molecule has 0 aliphatic carbocycles. The number of nitrogens with zero attached hydrogens (tertiary/aromatic N) is 3. The zero-order valence-corrected chi connectivity index (χ0v) is 12.6. The van der Waals surface area contributed by atoms with Crippen molar-refractivity contribution in [1.29, 1.82) is 0 Å². The van der Waals surface area contributed by atoms with E-state index in [9.17, 15) is 0 Å². The molecule has 0 aliphatic rings. The first kappa shape index (κ1) is 14.5. The summed E-state index contributed by atoms with van der Waals surface area (Å²) in [7, 11) is 4.21. The number of aromatic nitrogens is 1. The highest BCUT2D eigenvalue weighted by molar-refractivity contribution is 9.08. The van der Waals surface area contributed by atoms with E-state index >= 15 is 0 Å². The molecule has 0 unspecified atom stereocenters. The van der Waals surface area contributed by atoms with E-state index < -0.39 is 0 Å².